The van der Waals surface area contributed by atoms with Crippen molar-refractivity contribution >= 4 is 0 Å². The molecule has 2 aromatic rings. The maximum Gasteiger partial charge on any atom is 0.189 e. The van der Waals surface area contributed by atoms with Crippen molar-refractivity contribution in [3.8, 4) is 6.07 Å². The highest BCUT2D eigenvalue weighted by Crippen LogP contribution is 2.27. The molecule has 0 fully saturated rings. The second-order valence-corrected chi connectivity index (χ2v) is 5.13. The molecule has 0 saturated carbocycles. The van der Waals surface area contributed by atoms with Crippen molar-refractivity contribution in [2.75, 3.05) is 0 Å². The highest BCUT2D eigenvalue weighted by molar-refractivity contribution is 5.30. The molecule has 0 saturated heterocycles. The van der Waals surface area contributed by atoms with Gasteiger partial charge in [-0.05, 0) is 49.2 Å². The van der Waals surface area contributed by atoms with Gasteiger partial charge in [-0.15, -0.1) is 0 Å². The average Bonchev–Trinajstić information content (AvgIpc) is 2.53. The van der Waals surface area contributed by atoms with Crippen LogP contribution in [-0.2, 0) is 5.54 Å². The molecule has 0 amide bonds. The first-order valence-electron chi connectivity index (χ1n) is 6.79. The fourth-order valence-electron chi connectivity index (χ4n) is 1.93. The second-order valence-electron chi connectivity index (χ2n) is 5.13. The van der Waals surface area contributed by atoms with E-state index in [-0.39, 0.29) is 17.7 Å². The van der Waals surface area contributed by atoms with Gasteiger partial charge in [0.1, 0.15) is 11.6 Å². The summed E-state index contributed by atoms with van der Waals surface area (Å²) in [6.45, 7) is 3.42. The Labute approximate surface area is 127 Å². The van der Waals surface area contributed by atoms with E-state index in [1.807, 2.05) is 0 Å². The molecule has 0 bridgehead atoms. The largest absolute Gasteiger partial charge is 0.207 e. The van der Waals surface area contributed by atoms with E-state index in [0.29, 0.717) is 5.56 Å². The van der Waals surface area contributed by atoms with E-state index in [4.69, 9.17) is 0 Å². The maximum atomic E-state index is 13.0. The van der Waals surface area contributed by atoms with Gasteiger partial charge in [-0.25, -0.2) is 8.78 Å². The standard InChI is InChI=1S/C17H15F2N3/c1-12(13-3-7-15(18)8-4-13)21-22-17(2,11-20)14-5-9-16(19)10-6-14/h3-10,12H,1-2H3/b22-21+. The molecule has 22 heavy (non-hydrogen) atoms. The molecule has 0 spiro atoms. The van der Waals surface area contributed by atoms with Gasteiger partial charge in [0, 0.05) is 0 Å². The summed E-state index contributed by atoms with van der Waals surface area (Å²) in [5.74, 6) is -0.693. The van der Waals surface area contributed by atoms with Crippen LogP contribution in [0.5, 0.6) is 0 Å². The first-order chi connectivity index (χ1) is 10.4. The SMILES string of the molecule is CC(/N=N/C(C)(C#N)c1ccc(F)cc1)c1ccc(F)cc1. The lowest BCUT2D eigenvalue weighted by molar-refractivity contribution is 0.562. The Balaban J connectivity index is 2.23. The fourth-order valence-corrected chi connectivity index (χ4v) is 1.93. The van der Waals surface area contributed by atoms with E-state index in [1.54, 1.807) is 26.0 Å². The molecule has 2 atom stereocenters. The molecule has 0 aliphatic heterocycles. The number of nitrogens with zero attached hydrogens (tertiary/aromatic N) is 3. The van der Waals surface area contributed by atoms with Gasteiger partial charge in [-0.2, -0.15) is 15.5 Å². The van der Waals surface area contributed by atoms with Gasteiger partial charge in [-0.3, -0.25) is 0 Å². The van der Waals surface area contributed by atoms with Crippen molar-refractivity contribution in [2.24, 2.45) is 10.2 Å². The molecule has 5 heteroatoms. The Kier molecular flexibility index (Phi) is 4.62. The lowest BCUT2D eigenvalue weighted by Gasteiger charge is -2.16. The molecule has 3 nitrogen and oxygen atoms in total. The zero-order valence-corrected chi connectivity index (χ0v) is 12.3. The van der Waals surface area contributed by atoms with Crippen molar-refractivity contribution < 1.29 is 8.78 Å². The predicted octanol–water partition coefficient (Wildman–Crippen LogP) is 4.92. The van der Waals surface area contributed by atoms with Crippen LogP contribution in [0.4, 0.5) is 8.78 Å². The van der Waals surface area contributed by atoms with Gasteiger partial charge in [0.25, 0.3) is 0 Å². The fraction of sp³-hybridized carbons (Fsp3) is 0.235. The van der Waals surface area contributed by atoms with E-state index in [2.05, 4.69) is 16.3 Å². The number of hydrogen-bond acceptors (Lipinski definition) is 3. The third kappa shape index (κ3) is 3.53. The van der Waals surface area contributed by atoms with Gasteiger partial charge < -0.3 is 0 Å². The summed E-state index contributed by atoms with van der Waals surface area (Å²) in [6, 6.07) is 13.3. The molecular formula is C17H15F2N3. The quantitative estimate of drug-likeness (QED) is 0.739. The van der Waals surface area contributed by atoms with Crippen LogP contribution in [0, 0.1) is 23.0 Å². The third-order valence-corrected chi connectivity index (χ3v) is 3.41. The predicted molar refractivity (Wildman–Crippen MR) is 79.0 cm³/mol. The first-order valence-corrected chi connectivity index (χ1v) is 6.79. The van der Waals surface area contributed by atoms with E-state index < -0.39 is 5.54 Å². The summed E-state index contributed by atoms with van der Waals surface area (Å²) < 4.78 is 25.9. The van der Waals surface area contributed by atoms with Crippen molar-refractivity contribution in [1.29, 1.82) is 5.26 Å². The first kappa shape index (κ1) is 15.8. The Morgan fingerprint density at radius 2 is 1.50 bits per heavy atom. The van der Waals surface area contributed by atoms with Gasteiger partial charge >= 0.3 is 0 Å². The van der Waals surface area contributed by atoms with Crippen LogP contribution in [0.25, 0.3) is 0 Å². The normalized spacial score (nSPS) is 15.2. The van der Waals surface area contributed by atoms with Crippen molar-refractivity contribution in [3.63, 3.8) is 0 Å². The number of halogens is 2. The summed E-state index contributed by atoms with van der Waals surface area (Å²) in [5.41, 5.74) is 0.165. The average molecular weight is 299 g/mol. The molecule has 0 aliphatic carbocycles. The van der Waals surface area contributed by atoms with Gasteiger partial charge in [-0.1, -0.05) is 24.3 Å². The Hall–Kier alpha value is -2.61. The van der Waals surface area contributed by atoms with Gasteiger partial charge in [0.2, 0.25) is 0 Å². The zero-order valence-electron chi connectivity index (χ0n) is 12.3. The van der Waals surface area contributed by atoms with E-state index >= 15 is 0 Å². The lowest BCUT2D eigenvalue weighted by atomic mass is 9.95. The summed E-state index contributed by atoms with van der Waals surface area (Å²) in [5, 5.41) is 17.7. The van der Waals surface area contributed by atoms with Gasteiger partial charge in [0.05, 0.1) is 12.1 Å². The monoisotopic (exact) mass is 299 g/mol. The molecule has 2 unspecified atom stereocenters. The van der Waals surface area contributed by atoms with Crippen molar-refractivity contribution in [1.82, 2.24) is 0 Å². The summed E-state index contributed by atoms with van der Waals surface area (Å²) in [4.78, 5) is 0. The van der Waals surface area contributed by atoms with Crippen LogP contribution in [-0.4, -0.2) is 0 Å². The minimum Gasteiger partial charge on any atom is -0.207 e. The van der Waals surface area contributed by atoms with Crippen LogP contribution in [0.1, 0.15) is 31.0 Å². The van der Waals surface area contributed by atoms with Crippen LogP contribution in [0.15, 0.2) is 58.8 Å². The second kappa shape index (κ2) is 6.44. The van der Waals surface area contributed by atoms with Gasteiger partial charge in [0.15, 0.2) is 5.54 Å². The molecule has 0 aliphatic rings. The molecule has 2 aromatic carbocycles. The van der Waals surface area contributed by atoms with E-state index in [1.165, 1.54) is 36.4 Å². The highest BCUT2D eigenvalue weighted by atomic mass is 19.1. The molecule has 112 valence electrons. The molecule has 0 aromatic heterocycles. The minimum absolute atomic E-state index is 0.311. The number of azo groups is 1. The number of hydrogen-bond donors (Lipinski definition) is 0. The number of benzene rings is 2. The minimum atomic E-state index is -1.19. The summed E-state index contributed by atoms with van der Waals surface area (Å²) in [6.07, 6.45) is 0. The summed E-state index contributed by atoms with van der Waals surface area (Å²) in [7, 11) is 0. The Morgan fingerprint density at radius 1 is 1.00 bits per heavy atom. The molecule has 0 radical (unpaired) electrons. The van der Waals surface area contributed by atoms with E-state index in [9.17, 15) is 14.0 Å². The smallest absolute Gasteiger partial charge is 0.189 e. The lowest BCUT2D eigenvalue weighted by Crippen LogP contribution is -2.16. The van der Waals surface area contributed by atoms with Crippen LogP contribution in [0.3, 0.4) is 0 Å². The highest BCUT2D eigenvalue weighted by Gasteiger charge is 2.26. The molecule has 0 heterocycles. The maximum absolute atomic E-state index is 13.0. The molecule has 2 rings (SSSR count). The number of rotatable bonds is 4. The number of nitriles is 1. The van der Waals surface area contributed by atoms with Crippen LogP contribution >= 0.6 is 0 Å². The van der Waals surface area contributed by atoms with Crippen molar-refractivity contribution in [2.45, 2.75) is 25.4 Å². The third-order valence-electron chi connectivity index (χ3n) is 3.41. The zero-order chi connectivity index (χ0) is 16.2. The topological polar surface area (TPSA) is 48.5 Å². The van der Waals surface area contributed by atoms with Crippen molar-refractivity contribution in [3.05, 3.63) is 71.3 Å². The van der Waals surface area contributed by atoms with Crippen LogP contribution in [0.2, 0.25) is 0 Å². The van der Waals surface area contributed by atoms with E-state index in [0.717, 1.165) is 5.56 Å². The molecular weight excluding hydrogens is 284 g/mol. The van der Waals surface area contributed by atoms with Crippen LogP contribution < -0.4 is 0 Å². The summed E-state index contributed by atoms with van der Waals surface area (Å²) >= 11 is 0. The Bertz CT molecular complexity index is 702. The molecule has 0 N–H and O–H groups in total. The Morgan fingerprint density at radius 3 is 2.00 bits per heavy atom.